The molecule has 3 unspecified atom stereocenters. The monoisotopic (exact) mass is 261 g/mol. The number of nitrogens with zero attached hydrogens (tertiary/aromatic N) is 1. The van der Waals surface area contributed by atoms with Crippen LogP contribution in [0, 0.1) is 18.8 Å². The Labute approximate surface area is 116 Å². The number of hydrogen-bond donors (Lipinski definition) is 1. The molecule has 0 bridgehead atoms. The highest BCUT2D eigenvalue weighted by molar-refractivity contribution is 5.31. The fraction of sp³-hybridized carbons (Fsp3) is 0.765. The van der Waals surface area contributed by atoms with Crippen LogP contribution in [0.3, 0.4) is 0 Å². The lowest BCUT2D eigenvalue weighted by atomic mass is 9.80. The van der Waals surface area contributed by atoms with E-state index < -0.39 is 0 Å². The van der Waals surface area contributed by atoms with E-state index in [0.717, 1.165) is 31.1 Å². The quantitative estimate of drug-likeness (QED) is 0.855. The smallest absolute Gasteiger partial charge is 0.0807 e. The minimum Gasteiger partial charge on any atom is -0.388 e. The van der Waals surface area contributed by atoms with Crippen LogP contribution >= 0.6 is 0 Å². The Morgan fingerprint density at radius 1 is 1.21 bits per heavy atom. The van der Waals surface area contributed by atoms with Crippen LogP contribution in [0.1, 0.15) is 68.5 Å². The number of aromatic nitrogens is 1. The molecule has 106 valence electrons. The van der Waals surface area contributed by atoms with Crippen molar-refractivity contribution in [1.29, 1.82) is 0 Å². The van der Waals surface area contributed by atoms with E-state index in [1.807, 2.05) is 0 Å². The standard InChI is InChI=1S/C17H27NO/c1-12-6-3-4-7-14(12)11-18-13(2)10-15-16(18)8-5-9-17(15)19/h10,12,14,17,19H,3-9,11H2,1-2H3. The van der Waals surface area contributed by atoms with Gasteiger partial charge in [0.2, 0.25) is 0 Å². The molecule has 2 heteroatoms. The minimum absolute atomic E-state index is 0.215. The molecule has 3 atom stereocenters. The molecule has 1 N–H and O–H groups in total. The molecule has 2 aliphatic rings. The zero-order valence-corrected chi connectivity index (χ0v) is 12.4. The van der Waals surface area contributed by atoms with E-state index in [4.69, 9.17) is 0 Å². The van der Waals surface area contributed by atoms with Gasteiger partial charge in [-0.1, -0.05) is 26.2 Å². The maximum absolute atomic E-state index is 10.1. The van der Waals surface area contributed by atoms with Crippen molar-refractivity contribution in [2.75, 3.05) is 0 Å². The predicted octanol–water partition coefficient (Wildman–Crippen LogP) is 3.99. The van der Waals surface area contributed by atoms with Crippen LogP contribution in [-0.4, -0.2) is 9.67 Å². The largest absolute Gasteiger partial charge is 0.388 e. The summed E-state index contributed by atoms with van der Waals surface area (Å²) in [4.78, 5) is 0. The van der Waals surface area contributed by atoms with E-state index in [2.05, 4.69) is 24.5 Å². The van der Waals surface area contributed by atoms with Crippen molar-refractivity contribution >= 4 is 0 Å². The summed E-state index contributed by atoms with van der Waals surface area (Å²) in [6, 6.07) is 2.23. The van der Waals surface area contributed by atoms with Crippen LogP contribution in [-0.2, 0) is 13.0 Å². The zero-order valence-electron chi connectivity index (χ0n) is 12.4. The predicted molar refractivity (Wildman–Crippen MR) is 78.2 cm³/mol. The molecule has 0 aromatic carbocycles. The van der Waals surface area contributed by atoms with Gasteiger partial charge in [-0.3, -0.25) is 0 Å². The maximum atomic E-state index is 10.1. The van der Waals surface area contributed by atoms with Gasteiger partial charge in [-0.2, -0.15) is 0 Å². The van der Waals surface area contributed by atoms with Crippen molar-refractivity contribution in [1.82, 2.24) is 4.57 Å². The average molecular weight is 261 g/mol. The van der Waals surface area contributed by atoms with E-state index in [1.54, 1.807) is 0 Å². The summed E-state index contributed by atoms with van der Waals surface area (Å²) in [6.45, 7) is 5.80. The average Bonchev–Trinajstić information content (AvgIpc) is 2.71. The Hall–Kier alpha value is -0.760. The summed E-state index contributed by atoms with van der Waals surface area (Å²) < 4.78 is 2.52. The number of hydrogen-bond acceptors (Lipinski definition) is 1. The van der Waals surface area contributed by atoms with Crippen LogP contribution in [0.25, 0.3) is 0 Å². The summed E-state index contributed by atoms with van der Waals surface area (Å²) >= 11 is 0. The summed E-state index contributed by atoms with van der Waals surface area (Å²) in [5.41, 5.74) is 3.99. The molecular weight excluding hydrogens is 234 g/mol. The van der Waals surface area contributed by atoms with Crippen molar-refractivity contribution in [2.45, 2.75) is 71.4 Å². The summed E-state index contributed by atoms with van der Waals surface area (Å²) in [7, 11) is 0. The van der Waals surface area contributed by atoms with Crippen molar-refractivity contribution in [3.8, 4) is 0 Å². The highest BCUT2D eigenvalue weighted by Crippen LogP contribution is 2.35. The second-order valence-electron chi connectivity index (χ2n) is 6.73. The molecule has 0 spiro atoms. The van der Waals surface area contributed by atoms with Crippen molar-refractivity contribution in [2.24, 2.45) is 11.8 Å². The van der Waals surface area contributed by atoms with Gasteiger partial charge in [-0.25, -0.2) is 0 Å². The highest BCUT2D eigenvalue weighted by atomic mass is 16.3. The van der Waals surface area contributed by atoms with Gasteiger partial charge in [0, 0.05) is 23.5 Å². The summed E-state index contributed by atoms with van der Waals surface area (Å²) in [5.74, 6) is 1.70. The lowest BCUT2D eigenvalue weighted by Gasteiger charge is -2.31. The van der Waals surface area contributed by atoms with E-state index in [9.17, 15) is 5.11 Å². The maximum Gasteiger partial charge on any atom is 0.0807 e. The third kappa shape index (κ3) is 2.47. The second kappa shape index (κ2) is 5.32. The Bertz CT molecular complexity index is 448. The SMILES string of the molecule is Cc1cc2c(n1CC1CCCCC1C)CCCC2O. The van der Waals surface area contributed by atoms with Crippen LogP contribution in [0.15, 0.2) is 6.07 Å². The van der Waals surface area contributed by atoms with Crippen molar-refractivity contribution < 1.29 is 5.11 Å². The molecule has 19 heavy (non-hydrogen) atoms. The van der Waals surface area contributed by atoms with Crippen molar-refractivity contribution in [3.05, 3.63) is 23.0 Å². The van der Waals surface area contributed by atoms with Gasteiger partial charge in [0.1, 0.15) is 0 Å². The number of aryl methyl sites for hydroxylation is 1. The molecule has 3 rings (SSSR count). The van der Waals surface area contributed by atoms with Gasteiger partial charge in [-0.15, -0.1) is 0 Å². The molecule has 2 nitrogen and oxygen atoms in total. The molecule has 1 saturated carbocycles. The van der Waals surface area contributed by atoms with Crippen LogP contribution in [0.4, 0.5) is 0 Å². The Morgan fingerprint density at radius 2 is 2.00 bits per heavy atom. The number of aliphatic hydroxyl groups excluding tert-OH is 1. The summed E-state index contributed by atoms with van der Waals surface area (Å²) in [5, 5.41) is 10.1. The lowest BCUT2D eigenvalue weighted by molar-refractivity contribution is 0.154. The van der Waals surface area contributed by atoms with Gasteiger partial charge in [0.25, 0.3) is 0 Å². The molecule has 1 heterocycles. The molecule has 2 aliphatic carbocycles. The van der Waals surface area contributed by atoms with Crippen molar-refractivity contribution in [3.63, 3.8) is 0 Å². The molecule has 1 fully saturated rings. The van der Waals surface area contributed by atoms with Gasteiger partial charge >= 0.3 is 0 Å². The van der Waals surface area contributed by atoms with E-state index >= 15 is 0 Å². The Morgan fingerprint density at radius 3 is 2.79 bits per heavy atom. The van der Waals surface area contributed by atoms with Gasteiger partial charge in [-0.05, 0) is 50.5 Å². The topological polar surface area (TPSA) is 25.2 Å². The second-order valence-corrected chi connectivity index (χ2v) is 6.73. The number of fused-ring (bicyclic) bond motifs is 1. The Kier molecular flexibility index (Phi) is 3.70. The first-order valence-electron chi connectivity index (χ1n) is 8.03. The van der Waals surface area contributed by atoms with Crippen LogP contribution in [0.5, 0.6) is 0 Å². The van der Waals surface area contributed by atoms with Gasteiger partial charge < -0.3 is 9.67 Å². The first-order valence-corrected chi connectivity index (χ1v) is 8.03. The van der Waals surface area contributed by atoms with Crippen LogP contribution in [0.2, 0.25) is 0 Å². The van der Waals surface area contributed by atoms with E-state index in [-0.39, 0.29) is 6.10 Å². The lowest BCUT2D eigenvalue weighted by Crippen LogP contribution is -2.24. The molecule has 0 radical (unpaired) electrons. The first kappa shape index (κ1) is 13.2. The highest BCUT2D eigenvalue weighted by Gasteiger charge is 2.26. The third-order valence-corrected chi connectivity index (χ3v) is 5.41. The van der Waals surface area contributed by atoms with Crippen LogP contribution < -0.4 is 0 Å². The fourth-order valence-corrected chi connectivity index (χ4v) is 4.09. The normalized spacial score (nSPS) is 31.2. The molecule has 1 aromatic rings. The molecule has 1 aromatic heterocycles. The fourth-order valence-electron chi connectivity index (χ4n) is 4.09. The third-order valence-electron chi connectivity index (χ3n) is 5.41. The summed E-state index contributed by atoms with van der Waals surface area (Å²) in [6.07, 6.45) is 8.62. The zero-order chi connectivity index (χ0) is 13.4. The number of rotatable bonds is 2. The molecule has 0 saturated heterocycles. The molecular formula is C17H27NO. The van der Waals surface area contributed by atoms with E-state index in [0.29, 0.717) is 0 Å². The number of aliphatic hydroxyl groups is 1. The Balaban J connectivity index is 1.84. The van der Waals surface area contributed by atoms with Gasteiger partial charge in [0.15, 0.2) is 0 Å². The first-order chi connectivity index (χ1) is 9.16. The van der Waals surface area contributed by atoms with Gasteiger partial charge in [0.05, 0.1) is 6.10 Å². The minimum atomic E-state index is -0.215. The molecule has 0 aliphatic heterocycles. The molecule has 0 amide bonds. The van der Waals surface area contributed by atoms with E-state index in [1.165, 1.54) is 49.2 Å².